The van der Waals surface area contributed by atoms with Crippen LogP contribution in [0.1, 0.15) is 71.8 Å². The van der Waals surface area contributed by atoms with Crippen molar-refractivity contribution in [2.24, 2.45) is 23.5 Å². The molecule has 0 saturated heterocycles. The topological polar surface area (TPSA) is 140 Å². The first-order valence-electron chi connectivity index (χ1n) is 13.3. The number of aliphatic carboxylic acids is 1. The van der Waals surface area contributed by atoms with E-state index in [2.05, 4.69) is 33.0 Å². The lowest BCUT2D eigenvalue weighted by Crippen LogP contribution is -2.45. The predicted molar refractivity (Wildman–Crippen MR) is 144 cm³/mol. The number of methoxy groups -OCH3 is 1. The highest BCUT2D eigenvalue weighted by Crippen LogP contribution is 2.37. The Morgan fingerprint density at radius 3 is 2.35 bits per heavy atom. The van der Waals surface area contributed by atoms with Crippen LogP contribution in [0, 0.1) is 17.8 Å². The second-order valence-corrected chi connectivity index (χ2v) is 10.2. The van der Waals surface area contributed by atoms with Gasteiger partial charge in [-0.25, -0.2) is 4.79 Å². The summed E-state index contributed by atoms with van der Waals surface area (Å²) < 4.78 is 16.4. The van der Waals surface area contributed by atoms with Crippen LogP contribution in [0.4, 0.5) is 0 Å². The second-order valence-electron chi connectivity index (χ2n) is 10.2. The number of carboxylic acid groups (broad SMARTS) is 1. The average molecular weight is 525 g/mol. The molecule has 9 nitrogen and oxygen atoms in total. The van der Waals surface area contributed by atoms with Gasteiger partial charge in [-0.15, -0.1) is 0 Å². The standard InChI is InChI=1S/C28H48N2O7/c1-7-8-12-30-28(34)20(5)26(27(33)22(29)15-19(4)18(2)3)21-10-11-23(37-17-25(31)32)24(16-21)36-14-9-13-35-6/h10-11,16,18-20,22,26-27,33H,7-9,12-15,17,29H2,1-6H3,(H,30,34)(H,31,32)/t19-,20+,22-,26?,27+/m0/s1. The highest BCUT2D eigenvalue weighted by Gasteiger charge is 2.36. The van der Waals surface area contributed by atoms with E-state index in [0.29, 0.717) is 55.7 Å². The zero-order chi connectivity index (χ0) is 28.0. The van der Waals surface area contributed by atoms with Crippen molar-refractivity contribution in [3.05, 3.63) is 23.8 Å². The maximum Gasteiger partial charge on any atom is 0.341 e. The fourth-order valence-corrected chi connectivity index (χ4v) is 4.09. The molecule has 5 atom stereocenters. The number of hydrogen-bond donors (Lipinski definition) is 4. The molecule has 0 fully saturated rings. The van der Waals surface area contributed by atoms with Gasteiger partial charge in [-0.3, -0.25) is 4.79 Å². The van der Waals surface area contributed by atoms with Crippen molar-refractivity contribution < 1.29 is 34.0 Å². The molecule has 0 spiro atoms. The third-order valence-corrected chi connectivity index (χ3v) is 6.82. The third-order valence-electron chi connectivity index (χ3n) is 6.82. The number of hydrogen-bond acceptors (Lipinski definition) is 7. The minimum atomic E-state index is -1.11. The van der Waals surface area contributed by atoms with E-state index in [1.54, 1.807) is 32.2 Å². The fraction of sp³-hybridized carbons (Fsp3) is 0.714. The molecule has 9 heteroatoms. The molecule has 0 heterocycles. The maximum atomic E-state index is 13.1. The van der Waals surface area contributed by atoms with Crippen LogP contribution in [0.3, 0.4) is 0 Å². The molecule has 0 radical (unpaired) electrons. The summed E-state index contributed by atoms with van der Waals surface area (Å²) in [5, 5.41) is 23.5. The van der Waals surface area contributed by atoms with Crippen LogP contribution in [0.5, 0.6) is 11.5 Å². The number of carbonyl (C=O) groups excluding carboxylic acids is 1. The summed E-state index contributed by atoms with van der Waals surface area (Å²) in [7, 11) is 1.60. The van der Waals surface area contributed by atoms with Crippen molar-refractivity contribution in [3.8, 4) is 11.5 Å². The van der Waals surface area contributed by atoms with Crippen LogP contribution >= 0.6 is 0 Å². The molecule has 0 aliphatic carbocycles. The van der Waals surface area contributed by atoms with Crippen molar-refractivity contribution in [2.75, 3.05) is 33.5 Å². The molecule has 0 aliphatic heterocycles. The molecule has 1 amide bonds. The van der Waals surface area contributed by atoms with Gasteiger partial charge in [0.1, 0.15) is 0 Å². The monoisotopic (exact) mass is 524 g/mol. The fourth-order valence-electron chi connectivity index (χ4n) is 4.09. The molecule has 212 valence electrons. The van der Waals surface area contributed by atoms with Gasteiger partial charge in [0.05, 0.1) is 12.7 Å². The summed E-state index contributed by atoms with van der Waals surface area (Å²) in [4.78, 5) is 24.1. The molecule has 0 bridgehead atoms. The van der Waals surface area contributed by atoms with Crippen molar-refractivity contribution in [3.63, 3.8) is 0 Å². The van der Waals surface area contributed by atoms with E-state index in [1.165, 1.54) is 0 Å². The van der Waals surface area contributed by atoms with Crippen LogP contribution in [-0.4, -0.2) is 67.7 Å². The number of aliphatic hydroxyl groups is 1. The highest BCUT2D eigenvalue weighted by molar-refractivity contribution is 5.79. The summed E-state index contributed by atoms with van der Waals surface area (Å²) >= 11 is 0. The molecule has 1 rings (SSSR count). The van der Waals surface area contributed by atoms with Gasteiger partial charge in [0, 0.05) is 44.6 Å². The minimum absolute atomic E-state index is 0.157. The highest BCUT2D eigenvalue weighted by atomic mass is 16.5. The van der Waals surface area contributed by atoms with E-state index >= 15 is 0 Å². The third kappa shape index (κ3) is 11.3. The van der Waals surface area contributed by atoms with Gasteiger partial charge in [0.15, 0.2) is 18.1 Å². The Bertz CT molecular complexity index is 818. The number of nitrogens with two attached hydrogens (primary N) is 1. The van der Waals surface area contributed by atoms with Crippen LogP contribution in [0.15, 0.2) is 18.2 Å². The number of ether oxygens (including phenoxy) is 3. The quantitative estimate of drug-likeness (QED) is 0.201. The summed E-state index contributed by atoms with van der Waals surface area (Å²) in [6, 6.07) is 4.53. The number of nitrogens with one attached hydrogen (secondary N) is 1. The first-order valence-corrected chi connectivity index (χ1v) is 13.3. The molecule has 37 heavy (non-hydrogen) atoms. The van der Waals surface area contributed by atoms with Crippen LogP contribution in [0.25, 0.3) is 0 Å². The number of amides is 1. The number of aliphatic hydroxyl groups excluding tert-OH is 1. The van der Waals surface area contributed by atoms with Crippen LogP contribution in [0.2, 0.25) is 0 Å². The molecule has 1 aromatic rings. The van der Waals surface area contributed by atoms with E-state index in [-0.39, 0.29) is 11.7 Å². The summed E-state index contributed by atoms with van der Waals surface area (Å²) in [6.45, 7) is 11.1. The summed E-state index contributed by atoms with van der Waals surface area (Å²) in [5.74, 6) is -1.12. The Labute approximate surface area is 222 Å². The number of unbranched alkanes of at least 4 members (excludes halogenated alkanes) is 1. The Morgan fingerprint density at radius 2 is 1.76 bits per heavy atom. The van der Waals surface area contributed by atoms with Gasteiger partial charge in [-0.2, -0.15) is 0 Å². The number of carboxylic acids is 1. The van der Waals surface area contributed by atoms with Gasteiger partial charge in [0.25, 0.3) is 0 Å². The summed E-state index contributed by atoms with van der Waals surface area (Å²) in [6.07, 6.45) is 2.08. The lowest BCUT2D eigenvalue weighted by Gasteiger charge is -2.34. The molecule has 0 aromatic heterocycles. The van der Waals surface area contributed by atoms with Gasteiger partial charge in [-0.05, 0) is 42.4 Å². The van der Waals surface area contributed by atoms with Crippen LogP contribution < -0.4 is 20.5 Å². The van der Waals surface area contributed by atoms with Gasteiger partial charge >= 0.3 is 5.97 Å². The van der Waals surface area contributed by atoms with E-state index < -0.39 is 36.6 Å². The maximum absolute atomic E-state index is 13.1. The second kappa shape index (κ2) is 17.2. The first-order chi connectivity index (χ1) is 17.5. The molecule has 0 saturated carbocycles. The van der Waals surface area contributed by atoms with E-state index in [1.807, 2.05) is 0 Å². The average Bonchev–Trinajstić information content (AvgIpc) is 2.85. The molecule has 0 aliphatic rings. The minimum Gasteiger partial charge on any atom is -0.490 e. The molecular weight excluding hydrogens is 476 g/mol. The van der Waals surface area contributed by atoms with Gasteiger partial charge in [-0.1, -0.05) is 47.1 Å². The first kappa shape index (κ1) is 32.7. The Kier molecular flexibility index (Phi) is 15.2. The lowest BCUT2D eigenvalue weighted by molar-refractivity contribution is -0.139. The van der Waals surface area contributed by atoms with E-state index in [0.717, 1.165) is 12.8 Å². The van der Waals surface area contributed by atoms with Gasteiger partial charge < -0.3 is 35.5 Å². The van der Waals surface area contributed by atoms with E-state index in [9.17, 15) is 14.7 Å². The predicted octanol–water partition coefficient (Wildman–Crippen LogP) is 3.57. The Balaban J connectivity index is 3.36. The number of rotatable bonds is 19. The smallest absolute Gasteiger partial charge is 0.341 e. The lowest BCUT2D eigenvalue weighted by atomic mass is 9.77. The number of benzene rings is 1. The van der Waals surface area contributed by atoms with Crippen molar-refractivity contribution in [1.29, 1.82) is 0 Å². The Morgan fingerprint density at radius 1 is 1.05 bits per heavy atom. The van der Waals surface area contributed by atoms with Crippen molar-refractivity contribution >= 4 is 11.9 Å². The normalized spacial score (nSPS) is 15.5. The zero-order valence-electron chi connectivity index (χ0n) is 23.4. The van der Waals surface area contributed by atoms with Crippen LogP contribution in [-0.2, 0) is 14.3 Å². The zero-order valence-corrected chi connectivity index (χ0v) is 23.4. The largest absolute Gasteiger partial charge is 0.490 e. The van der Waals surface area contributed by atoms with Gasteiger partial charge in [0.2, 0.25) is 5.91 Å². The van der Waals surface area contributed by atoms with Crippen molar-refractivity contribution in [1.82, 2.24) is 5.32 Å². The Hall–Kier alpha value is -2.36. The number of carbonyl (C=O) groups is 2. The molecular formula is C28H48N2O7. The van der Waals surface area contributed by atoms with E-state index in [4.69, 9.17) is 25.1 Å². The molecule has 5 N–H and O–H groups in total. The summed E-state index contributed by atoms with van der Waals surface area (Å²) in [5.41, 5.74) is 7.17. The van der Waals surface area contributed by atoms with Crippen molar-refractivity contribution in [2.45, 2.75) is 78.4 Å². The molecule has 1 aromatic carbocycles. The molecule has 1 unspecified atom stereocenters. The SMILES string of the molecule is CCCCNC(=O)[C@H](C)C(c1ccc(OCC(=O)O)c(OCCCOC)c1)[C@H](O)[C@@H](N)C[C@H](C)C(C)C.